The predicted octanol–water partition coefficient (Wildman–Crippen LogP) is 3.15. The van der Waals surface area contributed by atoms with Crippen LogP contribution in [-0.2, 0) is 13.6 Å². The third-order valence-corrected chi connectivity index (χ3v) is 6.65. The average molecular weight is 264 g/mol. The Hall–Kier alpha value is 0.157. The summed E-state index contributed by atoms with van der Waals surface area (Å²) < 4.78 is 11.8. The van der Waals surface area contributed by atoms with Crippen LogP contribution < -0.4 is 0 Å². The molecule has 0 saturated heterocycles. The van der Waals surface area contributed by atoms with E-state index in [-0.39, 0.29) is 22.9 Å². The summed E-state index contributed by atoms with van der Waals surface area (Å²) in [5.41, 5.74) is -0.208. The van der Waals surface area contributed by atoms with Gasteiger partial charge in [0.2, 0.25) is 0 Å². The van der Waals surface area contributed by atoms with Crippen LogP contribution in [-0.4, -0.2) is 25.9 Å². The van der Waals surface area contributed by atoms with E-state index < -0.39 is 8.56 Å². The molecule has 0 amide bonds. The van der Waals surface area contributed by atoms with E-state index in [1.807, 2.05) is 41.2 Å². The van der Waals surface area contributed by atoms with Crippen molar-refractivity contribution < 1.29 is 13.6 Å². The molecule has 3 nitrogen and oxygen atoms in total. The Morgan fingerprint density at radius 3 is 1.75 bits per heavy atom. The third-order valence-electron chi connectivity index (χ3n) is 2.28. The van der Waals surface area contributed by atoms with Crippen LogP contribution in [0.1, 0.15) is 41.0 Å². The van der Waals surface area contributed by atoms with Crippen molar-refractivity contribution in [2.24, 2.45) is 0 Å². The van der Waals surface area contributed by atoms with Crippen LogP contribution in [0.5, 0.6) is 0 Å². The lowest BCUT2D eigenvalue weighted by molar-refractivity contribution is -0.111. The second kappa shape index (κ2) is 6.79. The molecule has 0 N–H and O–H groups in total. The van der Waals surface area contributed by atoms with Gasteiger partial charge in [-0.15, -0.1) is 12.6 Å². The fourth-order valence-electron chi connectivity index (χ4n) is 1.90. The van der Waals surface area contributed by atoms with E-state index in [0.29, 0.717) is 6.42 Å². The highest BCUT2D eigenvalue weighted by molar-refractivity contribution is 7.97. The van der Waals surface area contributed by atoms with Crippen molar-refractivity contribution in [3.63, 3.8) is 0 Å². The van der Waals surface area contributed by atoms with Crippen molar-refractivity contribution in [2.45, 2.75) is 65.3 Å². The molecule has 0 heterocycles. The zero-order chi connectivity index (χ0) is 12.9. The molecule has 5 heteroatoms. The smallest absolute Gasteiger partial charge is 0.347 e. The second-order valence-corrected chi connectivity index (χ2v) is 8.29. The van der Waals surface area contributed by atoms with Gasteiger partial charge in [-0.2, -0.15) is 0 Å². The first-order chi connectivity index (χ1) is 7.23. The summed E-state index contributed by atoms with van der Waals surface area (Å²) in [6.07, 6.45) is 0.846. The quantitative estimate of drug-likeness (QED) is 0.567. The summed E-state index contributed by atoms with van der Waals surface area (Å²) >= 11 is 3.95. The number of hydrogen-bond donors (Lipinski definition) is 1. The van der Waals surface area contributed by atoms with E-state index >= 15 is 0 Å². The van der Waals surface area contributed by atoms with Crippen molar-refractivity contribution in [1.82, 2.24) is 0 Å². The molecule has 0 aliphatic heterocycles. The number of carbonyl (C=O) groups is 1. The maximum Gasteiger partial charge on any atom is 0.347 e. The monoisotopic (exact) mass is 264 g/mol. The Morgan fingerprint density at radius 1 is 1.19 bits per heavy atom. The molecule has 0 spiro atoms. The van der Waals surface area contributed by atoms with E-state index in [2.05, 4.69) is 12.6 Å². The molecule has 1 atom stereocenters. The van der Waals surface area contributed by atoms with Crippen molar-refractivity contribution in [3.05, 3.63) is 0 Å². The maximum absolute atomic E-state index is 11.5. The molecule has 0 bridgehead atoms. The molecule has 0 radical (unpaired) electrons. The van der Waals surface area contributed by atoms with Crippen molar-refractivity contribution in [1.29, 1.82) is 0 Å². The zero-order valence-electron chi connectivity index (χ0n) is 11.1. The number of rotatable bonds is 7. The van der Waals surface area contributed by atoms with Crippen LogP contribution in [0.25, 0.3) is 0 Å². The highest BCUT2D eigenvalue weighted by Crippen LogP contribution is 2.31. The Labute approximate surface area is 106 Å². The van der Waals surface area contributed by atoms with Crippen molar-refractivity contribution >= 4 is 26.3 Å². The fourth-order valence-corrected chi connectivity index (χ4v) is 6.23. The van der Waals surface area contributed by atoms with Gasteiger partial charge in [-0.05, 0) is 40.7 Å². The third kappa shape index (κ3) is 4.99. The van der Waals surface area contributed by atoms with E-state index in [9.17, 15) is 4.79 Å². The summed E-state index contributed by atoms with van der Waals surface area (Å²) in [6, 6.07) is 0. The molecule has 0 aromatic carbocycles. The molecular formula is C11H24O3SSi. The van der Waals surface area contributed by atoms with Gasteiger partial charge in [0.05, 0.1) is 5.54 Å². The first-order valence-corrected chi connectivity index (χ1v) is 8.65. The van der Waals surface area contributed by atoms with Crippen LogP contribution in [0.2, 0.25) is 12.1 Å². The lowest BCUT2D eigenvalue weighted by atomic mass is 10.4. The molecule has 0 aliphatic rings. The van der Waals surface area contributed by atoms with Gasteiger partial charge in [0.15, 0.2) is 5.12 Å². The first kappa shape index (κ1) is 16.2. The largest absolute Gasteiger partial charge is 0.391 e. The number of hydrogen-bond acceptors (Lipinski definition) is 3. The number of thiol groups is 1. The minimum atomic E-state index is -2.49. The highest BCUT2D eigenvalue weighted by Gasteiger charge is 2.45. The molecule has 0 aliphatic carbocycles. The van der Waals surface area contributed by atoms with Crippen molar-refractivity contribution in [3.8, 4) is 0 Å². The Morgan fingerprint density at radius 2 is 1.56 bits per heavy atom. The predicted molar refractivity (Wildman–Crippen MR) is 72.1 cm³/mol. The van der Waals surface area contributed by atoms with Gasteiger partial charge in [-0.25, -0.2) is 0 Å². The maximum atomic E-state index is 11.5. The summed E-state index contributed by atoms with van der Waals surface area (Å²) in [5, 5.41) is -0.127. The van der Waals surface area contributed by atoms with Crippen LogP contribution in [0.4, 0.5) is 0 Å². The molecular weight excluding hydrogens is 240 g/mol. The lowest BCUT2D eigenvalue weighted by Crippen LogP contribution is -2.49. The van der Waals surface area contributed by atoms with Gasteiger partial charge in [-0.1, -0.05) is 6.92 Å². The highest BCUT2D eigenvalue weighted by atomic mass is 32.1. The van der Waals surface area contributed by atoms with Crippen LogP contribution in [0.3, 0.4) is 0 Å². The summed E-state index contributed by atoms with van der Waals surface area (Å²) in [5.74, 6) is 0. The fraction of sp³-hybridized carbons (Fsp3) is 0.909. The van der Waals surface area contributed by atoms with Crippen LogP contribution in [0.15, 0.2) is 0 Å². The van der Waals surface area contributed by atoms with Gasteiger partial charge < -0.3 is 8.85 Å². The van der Waals surface area contributed by atoms with Gasteiger partial charge in [0, 0.05) is 12.2 Å². The van der Waals surface area contributed by atoms with Gasteiger partial charge in [0.25, 0.3) is 0 Å². The first-order valence-electron chi connectivity index (χ1n) is 5.81. The second-order valence-electron chi connectivity index (χ2n) is 4.65. The van der Waals surface area contributed by atoms with Gasteiger partial charge in [-0.3, -0.25) is 4.79 Å². The lowest BCUT2D eigenvalue weighted by Gasteiger charge is -2.35. The molecule has 0 aromatic rings. The van der Waals surface area contributed by atoms with Crippen LogP contribution in [0, 0.1) is 0 Å². The standard InChI is InChI=1S/C11H24O3SSi/c1-7-10(11(12)15)16(6,13-8(2)3)14-9(4)5/h8-10H,7H2,1-6H3,(H,12,15). The normalized spacial score (nSPS) is 14.6. The Balaban J connectivity index is 4.94. The van der Waals surface area contributed by atoms with E-state index in [1.54, 1.807) is 0 Å². The van der Waals surface area contributed by atoms with E-state index in [1.165, 1.54) is 0 Å². The molecule has 16 heavy (non-hydrogen) atoms. The minimum absolute atomic E-state index is 0.0668. The van der Waals surface area contributed by atoms with Gasteiger partial charge in [0.1, 0.15) is 0 Å². The average Bonchev–Trinajstić information content (AvgIpc) is 1.99. The molecule has 0 rings (SSSR count). The van der Waals surface area contributed by atoms with E-state index in [4.69, 9.17) is 8.85 Å². The Bertz CT molecular complexity index is 221. The molecule has 0 aromatic heterocycles. The summed E-state index contributed by atoms with van der Waals surface area (Å²) in [4.78, 5) is 11.5. The molecule has 96 valence electrons. The number of carbonyl (C=O) groups excluding carboxylic acids is 1. The van der Waals surface area contributed by atoms with E-state index in [0.717, 1.165) is 0 Å². The molecule has 0 fully saturated rings. The summed E-state index contributed by atoms with van der Waals surface area (Å²) in [6.45, 7) is 11.8. The van der Waals surface area contributed by atoms with Gasteiger partial charge >= 0.3 is 8.56 Å². The molecule has 1 unspecified atom stereocenters. The SMILES string of the molecule is CCC(C(=O)S)[Si](C)(OC(C)C)OC(C)C. The topological polar surface area (TPSA) is 35.5 Å². The molecule has 0 saturated carbocycles. The minimum Gasteiger partial charge on any atom is -0.391 e. The van der Waals surface area contributed by atoms with Crippen LogP contribution >= 0.6 is 12.6 Å². The Kier molecular flexibility index (Phi) is 6.85. The zero-order valence-corrected chi connectivity index (χ0v) is 13.0. The summed E-state index contributed by atoms with van der Waals surface area (Å²) in [7, 11) is -2.49. The van der Waals surface area contributed by atoms with Crippen molar-refractivity contribution in [2.75, 3.05) is 0 Å².